The summed E-state index contributed by atoms with van der Waals surface area (Å²) in [7, 11) is 0. The number of benzene rings is 5. The molecule has 5 aromatic carbocycles. The maximum atomic E-state index is 5.44. The Morgan fingerprint density at radius 1 is 0.593 bits per heavy atom. The fourth-order valence-electron chi connectivity index (χ4n) is 13.2. The summed E-state index contributed by atoms with van der Waals surface area (Å²) in [6, 6.07) is 42.7. The van der Waals surface area contributed by atoms with E-state index < -0.39 is 0 Å². The first kappa shape index (κ1) is 30.2. The van der Waals surface area contributed by atoms with E-state index in [0.29, 0.717) is 23.2 Å². The molecule has 5 atom stereocenters. The Hall–Kier alpha value is -5.19. The average Bonchev–Trinajstić information content (AvgIpc) is 3.90. The molecule has 2 spiro atoms. The normalized spacial score (nSPS) is 29.4. The molecule has 4 fully saturated rings. The summed E-state index contributed by atoms with van der Waals surface area (Å²) in [4.78, 5) is 16.0. The fraction of sp³-hybridized carbons (Fsp3) is 0.260. The van der Waals surface area contributed by atoms with Gasteiger partial charge in [0.25, 0.3) is 0 Å². The standard InChI is InChI=1S/C50H39N3S/c1-2-9-32(10-3-1)46-51-47(33-19-17-31(18-20-33)34-21-22-42-39(26-34)36-12-5-7-16-41(36)54-42)53-48(52-46)38-14-8-13-37-35-11-4-6-15-40(35)50(45(37)38)43-24-29-23-30-25-44(50)49(43,27-29)28-30/h1-17,19-22,26,29-31,43-44H,18,23-25,27-28H2. The third kappa shape index (κ3) is 3.85. The number of thiophene rings is 1. The number of aromatic nitrogens is 3. The predicted octanol–water partition coefficient (Wildman–Crippen LogP) is 12.4. The molecule has 0 amide bonds. The van der Waals surface area contributed by atoms with Gasteiger partial charge in [-0.1, -0.05) is 115 Å². The summed E-state index contributed by atoms with van der Waals surface area (Å²) in [6.07, 6.45) is 15.0. The SMILES string of the molecule is C1=CC(c2ccc3sc4ccccc4c3c2)CC=C1c1nc(-c2ccccc2)nc(-c2cccc3c2C2(c4ccccc4-3)C3CC4CC5CC2C3(C4)C5)n1. The van der Waals surface area contributed by atoms with E-state index in [1.807, 2.05) is 11.3 Å². The molecule has 6 aliphatic carbocycles. The maximum Gasteiger partial charge on any atom is 0.164 e. The van der Waals surface area contributed by atoms with Gasteiger partial charge in [0.2, 0.25) is 0 Å². The van der Waals surface area contributed by atoms with Crippen molar-refractivity contribution in [1.29, 1.82) is 0 Å². The van der Waals surface area contributed by atoms with Crippen LogP contribution in [0.1, 0.15) is 67.0 Å². The van der Waals surface area contributed by atoms with E-state index in [0.717, 1.165) is 46.9 Å². The smallest absolute Gasteiger partial charge is 0.164 e. The number of hydrogen-bond donors (Lipinski definition) is 0. The van der Waals surface area contributed by atoms with Crippen LogP contribution in [0.15, 0.2) is 133 Å². The molecule has 2 heterocycles. The highest BCUT2D eigenvalue weighted by Gasteiger charge is 2.79. The lowest BCUT2D eigenvalue weighted by Gasteiger charge is -2.64. The van der Waals surface area contributed by atoms with Crippen LogP contribution < -0.4 is 0 Å². The minimum Gasteiger partial charge on any atom is -0.208 e. The van der Waals surface area contributed by atoms with Crippen molar-refractivity contribution in [2.24, 2.45) is 29.1 Å². The number of fused-ring (bicyclic) bond motifs is 12. The van der Waals surface area contributed by atoms with Gasteiger partial charge in [0.15, 0.2) is 17.5 Å². The molecule has 0 radical (unpaired) electrons. The molecule has 4 heteroatoms. The van der Waals surface area contributed by atoms with Crippen molar-refractivity contribution in [1.82, 2.24) is 15.0 Å². The third-order valence-electron chi connectivity index (χ3n) is 14.9. The maximum absolute atomic E-state index is 5.44. The second-order valence-corrected chi connectivity index (χ2v) is 18.3. The van der Waals surface area contributed by atoms with Crippen LogP contribution in [0, 0.1) is 29.1 Å². The van der Waals surface area contributed by atoms with Gasteiger partial charge in [0.1, 0.15) is 0 Å². The van der Waals surface area contributed by atoms with Crippen molar-refractivity contribution in [2.75, 3.05) is 0 Å². The van der Waals surface area contributed by atoms with Crippen molar-refractivity contribution in [3.05, 3.63) is 156 Å². The van der Waals surface area contributed by atoms with E-state index in [1.165, 1.54) is 80.1 Å². The van der Waals surface area contributed by atoms with Gasteiger partial charge in [-0.2, -0.15) is 0 Å². The van der Waals surface area contributed by atoms with E-state index >= 15 is 0 Å². The second-order valence-electron chi connectivity index (χ2n) is 17.2. The van der Waals surface area contributed by atoms with Crippen molar-refractivity contribution in [3.8, 4) is 33.9 Å². The molecule has 0 saturated heterocycles. The van der Waals surface area contributed by atoms with Gasteiger partial charge in [-0.05, 0) is 114 Å². The second kappa shape index (κ2) is 10.7. The van der Waals surface area contributed by atoms with Crippen molar-refractivity contribution >= 4 is 37.1 Å². The van der Waals surface area contributed by atoms with Gasteiger partial charge in [-0.15, -0.1) is 11.3 Å². The number of nitrogens with zero attached hydrogens (tertiary/aromatic N) is 3. The molecule has 54 heavy (non-hydrogen) atoms. The predicted molar refractivity (Wildman–Crippen MR) is 220 cm³/mol. The van der Waals surface area contributed by atoms with E-state index in [2.05, 4.69) is 133 Å². The van der Waals surface area contributed by atoms with E-state index in [4.69, 9.17) is 15.0 Å². The molecule has 3 nitrogen and oxygen atoms in total. The van der Waals surface area contributed by atoms with Crippen LogP contribution >= 0.6 is 11.3 Å². The largest absolute Gasteiger partial charge is 0.208 e. The molecule has 260 valence electrons. The highest BCUT2D eigenvalue weighted by atomic mass is 32.1. The Bertz CT molecular complexity index is 2770. The van der Waals surface area contributed by atoms with Gasteiger partial charge in [0, 0.05) is 48.2 Å². The highest BCUT2D eigenvalue weighted by Crippen LogP contribution is 2.85. The van der Waals surface area contributed by atoms with Gasteiger partial charge in [-0.3, -0.25) is 0 Å². The zero-order valence-corrected chi connectivity index (χ0v) is 30.9. The molecular formula is C50H39N3S. The molecule has 7 aromatic rings. The first-order valence-electron chi connectivity index (χ1n) is 20.0. The Morgan fingerprint density at radius 3 is 2.17 bits per heavy atom. The van der Waals surface area contributed by atoms with E-state index in [1.54, 1.807) is 5.56 Å². The summed E-state index contributed by atoms with van der Waals surface area (Å²) < 4.78 is 2.70. The van der Waals surface area contributed by atoms with Gasteiger partial charge >= 0.3 is 0 Å². The Morgan fingerprint density at radius 2 is 1.31 bits per heavy atom. The lowest BCUT2D eigenvalue weighted by molar-refractivity contribution is -0.0817. The van der Waals surface area contributed by atoms with Crippen LogP contribution in [0.5, 0.6) is 0 Å². The zero-order chi connectivity index (χ0) is 35.2. The quantitative estimate of drug-likeness (QED) is 0.182. The molecule has 5 unspecified atom stereocenters. The lowest BCUT2D eigenvalue weighted by Crippen LogP contribution is -2.62. The van der Waals surface area contributed by atoms with Crippen molar-refractivity contribution < 1.29 is 0 Å². The molecule has 13 rings (SSSR count). The fourth-order valence-corrected chi connectivity index (χ4v) is 14.3. The first-order valence-corrected chi connectivity index (χ1v) is 20.8. The van der Waals surface area contributed by atoms with E-state index in [-0.39, 0.29) is 5.41 Å². The molecule has 2 aromatic heterocycles. The Kier molecular flexibility index (Phi) is 6.00. The van der Waals surface area contributed by atoms with Gasteiger partial charge in [0.05, 0.1) is 0 Å². The van der Waals surface area contributed by atoms with Crippen molar-refractivity contribution in [2.45, 2.75) is 49.9 Å². The number of hydrogen-bond acceptors (Lipinski definition) is 4. The van der Waals surface area contributed by atoms with Crippen LogP contribution in [0.2, 0.25) is 0 Å². The van der Waals surface area contributed by atoms with Crippen molar-refractivity contribution in [3.63, 3.8) is 0 Å². The Balaban J connectivity index is 0.942. The van der Waals surface area contributed by atoms with Crippen LogP contribution in [-0.4, -0.2) is 15.0 Å². The zero-order valence-electron chi connectivity index (χ0n) is 30.1. The molecule has 3 bridgehead atoms. The molecular weight excluding hydrogens is 675 g/mol. The third-order valence-corrected chi connectivity index (χ3v) is 16.0. The van der Waals surface area contributed by atoms with Gasteiger partial charge in [-0.25, -0.2) is 15.0 Å². The average molecular weight is 714 g/mol. The summed E-state index contributed by atoms with van der Waals surface area (Å²) in [5.74, 6) is 5.84. The van der Waals surface area contributed by atoms with Crippen LogP contribution in [0.25, 0.3) is 59.6 Å². The van der Waals surface area contributed by atoms with Crippen LogP contribution in [0.3, 0.4) is 0 Å². The van der Waals surface area contributed by atoms with Gasteiger partial charge < -0.3 is 0 Å². The minimum absolute atomic E-state index is 0.0538. The molecule has 6 aliphatic rings. The number of allylic oxidation sites excluding steroid dienone is 4. The summed E-state index contributed by atoms with van der Waals surface area (Å²) in [5, 5.41) is 2.71. The first-order chi connectivity index (χ1) is 26.7. The number of rotatable bonds is 4. The molecule has 4 saturated carbocycles. The summed E-state index contributed by atoms with van der Waals surface area (Å²) >= 11 is 1.88. The molecule has 0 N–H and O–H groups in total. The topological polar surface area (TPSA) is 38.7 Å². The monoisotopic (exact) mass is 713 g/mol. The Labute approximate surface area is 319 Å². The van der Waals surface area contributed by atoms with Crippen LogP contribution in [-0.2, 0) is 5.41 Å². The highest BCUT2D eigenvalue weighted by molar-refractivity contribution is 7.25. The minimum atomic E-state index is 0.0538. The molecule has 0 aliphatic heterocycles. The summed E-state index contributed by atoms with van der Waals surface area (Å²) in [5.41, 5.74) is 11.2. The van der Waals surface area contributed by atoms with E-state index in [9.17, 15) is 0 Å². The lowest BCUT2D eigenvalue weighted by atomic mass is 9.38. The summed E-state index contributed by atoms with van der Waals surface area (Å²) in [6.45, 7) is 0. The van der Waals surface area contributed by atoms with Crippen LogP contribution in [0.4, 0.5) is 0 Å².